The zero-order valence-corrected chi connectivity index (χ0v) is 31.5. The number of ketones is 3. The van der Waals surface area contributed by atoms with Gasteiger partial charge in [-0.05, 0) is 104 Å². The third-order valence-corrected chi connectivity index (χ3v) is 10.6. The first kappa shape index (κ1) is 35.8. The van der Waals surface area contributed by atoms with Crippen LogP contribution in [0, 0.1) is 6.92 Å². The molecule has 9 nitrogen and oxygen atoms in total. The van der Waals surface area contributed by atoms with Crippen molar-refractivity contribution in [3.05, 3.63) is 230 Å². The molecule has 2 aromatic heterocycles. The minimum Gasteiger partial charge on any atom is -0.295 e. The standard InChI is InChI=1S/C49H34N4O5/c1-31-11-13-32(14-12-31)45(54)33-15-17-34(18-16-33)46(55)35-21-27-39(28-22-35)52-43-9-5-6-10-44(43)53(49(52)58)40-29-23-37(24-30-40)47(56)36-19-25-38(26-20-36)51-42-8-4-3-7-41(42)50(2)48(51)57/h3-30H,1-2H3. The number of carbonyl (C=O) groups excluding carboxylic acids is 3. The lowest BCUT2D eigenvalue weighted by atomic mass is 9.98. The summed E-state index contributed by atoms with van der Waals surface area (Å²) in [5, 5.41) is 0. The Labute approximate surface area is 331 Å². The fourth-order valence-corrected chi connectivity index (χ4v) is 7.45. The Morgan fingerprint density at radius 3 is 0.948 bits per heavy atom. The molecule has 7 aromatic carbocycles. The van der Waals surface area contributed by atoms with Crippen molar-refractivity contribution in [2.75, 3.05) is 0 Å². The average molecular weight is 759 g/mol. The molecule has 0 N–H and O–H groups in total. The van der Waals surface area contributed by atoms with Crippen molar-refractivity contribution >= 4 is 39.4 Å². The van der Waals surface area contributed by atoms with E-state index in [2.05, 4.69) is 0 Å². The zero-order chi connectivity index (χ0) is 40.1. The van der Waals surface area contributed by atoms with Gasteiger partial charge in [0.1, 0.15) is 0 Å². The molecule has 2 heterocycles. The normalized spacial score (nSPS) is 11.3. The molecule has 0 radical (unpaired) electrons. The van der Waals surface area contributed by atoms with Crippen LogP contribution in [0.25, 0.3) is 39.1 Å². The summed E-state index contributed by atoms with van der Waals surface area (Å²) >= 11 is 0. The van der Waals surface area contributed by atoms with Gasteiger partial charge in [0.25, 0.3) is 0 Å². The Kier molecular flexibility index (Phi) is 8.82. The van der Waals surface area contributed by atoms with Crippen molar-refractivity contribution in [3.63, 3.8) is 0 Å². The molecule has 0 spiro atoms. The van der Waals surface area contributed by atoms with Crippen molar-refractivity contribution in [2.24, 2.45) is 7.05 Å². The van der Waals surface area contributed by atoms with Gasteiger partial charge in [-0.25, -0.2) is 9.59 Å². The van der Waals surface area contributed by atoms with E-state index >= 15 is 0 Å². The molecule has 0 fully saturated rings. The SMILES string of the molecule is Cc1ccc(C(=O)c2ccc(C(=O)c3ccc(-n4c(=O)n(-c5ccc(C(=O)c6ccc(-n7c(=O)n(C)c8ccccc87)cc6)cc5)c5ccccc54)cc3)cc2)cc1. The topological polar surface area (TPSA) is 105 Å². The molecule has 0 saturated heterocycles. The molecule has 58 heavy (non-hydrogen) atoms. The minimum atomic E-state index is -0.313. The Hall–Kier alpha value is -7.91. The second-order valence-electron chi connectivity index (χ2n) is 14.2. The summed E-state index contributed by atoms with van der Waals surface area (Å²) < 4.78 is 6.41. The van der Waals surface area contributed by atoms with Crippen molar-refractivity contribution in [1.29, 1.82) is 0 Å². The molecule has 9 aromatic rings. The second kappa shape index (κ2) is 14.3. The first-order valence-corrected chi connectivity index (χ1v) is 18.7. The molecule has 9 rings (SSSR count). The largest absolute Gasteiger partial charge is 0.338 e. The molecular formula is C49H34N4O5. The molecule has 9 heteroatoms. The maximum Gasteiger partial charge on any atom is 0.338 e. The van der Waals surface area contributed by atoms with Gasteiger partial charge in [0.2, 0.25) is 0 Å². The predicted molar refractivity (Wildman–Crippen MR) is 225 cm³/mol. The summed E-state index contributed by atoms with van der Waals surface area (Å²) in [5.74, 6) is -0.516. The lowest BCUT2D eigenvalue weighted by Gasteiger charge is -2.08. The quantitative estimate of drug-likeness (QED) is 0.138. The fraction of sp³-hybridized carbons (Fsp3) is 0.0408. The van der Waals surface area contributed by atoms with Gasteiger partial charge in [0.15, 0.2) is 17.3 Å². The number of hydrogen-bond acceptors (Lipinski definition) is 5. The number of nitrogens with zero attached hydrogens (tertiary/aromatic N) is 4. The third kappa shape index (κ3) is 6.11. The number of aromatic nitrogens is 4. The summed E-state index contributed by atoms with van der Waals surface area (Å²) in [6, 6.07) is 49.7. The van der Waals surface area contributed by atoms with Crippen molar-refractivity contribution in [2.45, 2.75) is 6.92 Å². The first-order valence-electron chi connectivity index (χ1n) is 18.7. The van der Waals surface area contributed by atoms with Crippen LogP contribution in [0.15, 0.2) is 179 Å². The summed E-state index contributed by atoms with van der Waals surface area (Å²) in [4.78, 5) is 67.2. The van der Waals surface area contributed by atoms with Gasteiger partial charge in [-0.15, -0.1) is 0 Å². The monoisotopic (exact) mass is 758 g/mol. The smallest absolute Gasteiger partial charge is 0.295 e. The van der Waals surface area contributed by atoms with Crippen LogP contribution in [0.4, 0.5) is 0 Å². The van der Waals surface area contributed by atoms with Crippen LogP contribution in [-0.2, 0) is 7.05 Å². The molecule has 0 aliphatic rings. The predicted octanol–water partition coefficient (Wildman–Crippen LogP) is 8.43. The van der Waals surface area contributed by atoms with Gasteiger partial charge in [-0.1, -0.05) is 78.4 Å². The molecule has 0 aliphatic carbocycles. The highest BCUT2D eigenvalue weighted by atomic mass is 16.2. The van der Waals surface area contributed by atoms with E-state index in [1.54, 1.807) is 135 Å². The number of hydrogen-bond donors (Lipinski definition) is 0. The molecule has 0 bridgehead atoms. The number of carbonyl (C=O) groups is 3. The minimum absolute atomic E-state index is 0.114. The Morgan fingerprint density at radius 1 is 0.345 bits per heavy atom. The van der Waals surface area contributed by atoms with Crippen molar-refractivity contribution in [3.8, 4) is 17.1 Å². The third-order valence-electron chi connectivity index (χ3n) is 10.6. The van der Waals surface area contributed by atoms with Crippen LogP contribution in [0.2, 0.25) is 0 Å². The van der Waals surface area contributed by atoms with Crippen LogP contribution < -0.4 is 11.4 Å². The van der Waals surface area contributed by atoms with Crippen LogP contribution in [0.5, 0.6) is 0 Å². The van der Waals surface area contributed by atoms with E-state index in [1.807, 2.05) is 67.6 Å². The second-order valence-corrected chi connectivity index (χ2v) is 14.2. The van der Waals surface area contributed by atoms with Crippen LogP contribution in [-0.4, -0.2) is 35.6 Å². The molecule has 0 atom stereocenters. The Morgan fingerprint density at radius 2 is 0.603 bits per heavy atom. The van der Waals surface area contributed by atoms with E-state index in [1.165, 1.54) is 0 Å². The molecule has 0 saturated carbocycles. The number of benzene rings is 7. The Bertz CT molecular complexity index is 3180. The first-order chi connectivity index (χ1) is 28.2. The van der Waals surface area contributed by atoms with E-state index in [4.69, 9.17) is 0 Å². The lowest BCUT2D eigenvalue weighted by Crippen LogP contribution is -2.22. The van der Waals surface area contributed by atoms with Gasteiger partial charge in [0, 0.05) is 40.4 Å². The highest BCUT2D eigenvalue weighted by Crippen LogP contribution is 2.24. The number of aryl methyl sites for hydroxylation is 2. The maximum absolute atomic E-state index is 14.2. The number of rotatable bonds is 9. The van der Waals surface area contributed by atoms with E-state index in [0.717, 1.165) is 16.6 Å². The number of imidazole rings is 2. The fourth-order valence-electron chi connectivity index (χ4n) is 7.45. The van der Waals surface area contributed by atoms with Crippen molar-refractivity contribution < 1.29 is 14.4 Å². The number of fused-ring (bicyclic) bond motifs is 2. The molecule has 0 amide bonds. The van der Waals surface area contributed by atoms with Crippen LogP contribution >= 0.6 is 0 Å². The summed E-state index contributed by atoms with van der Waals surface area (Å²) in [7, 11) is 1.73. The maximum atomic E-state index is 14.2. The number of para-hydroxylation sites is 4. The van der Waals surface area contributed by atoms with E-state index in [9.17, 15) is 24.0 Å². The van der Waals surface area contributed by atoms with Gasteiger partial charge in [-0.3, -0.25) is 32.7 Å². The summed E-state index contributed by atoms with van der Waals surface area (Å²) in [6.45, 7) is 1.96. The van der Waals surface area contributed by atoms with Gasteiger partial charge < -0.3 is 0 Å². The summed E-state index contributed by atoms with van der Waals surface area (Å²) in [6.07, 6.45) is 0. The van der Waals surface area contributed by atoms with Crippen LogP contribution in [0.1, 0.15) is 53.3 Å². The van der Waals surface area contributed by atoms with E-state index in [0.29, 0.717) is 61.5 Å². The van der Waals surface area contributed by atoms with Gasteiger partial charge in [-0.2, -0.15) is 0 Å². The molecule has 0 aliphatic heterocycles. The molecule has 0 unspecified atom stereocenters. The van der Waals surface area contributed by atoms with Gasteiger partial charge >= 0.3 is 11.4 Å². The highest BCUT2D eigenvalue weighted by Gasteiger charge is 2.19. The molecular weight excluding hydrogens is 725 g/mol. The Balaban J connectivity index is 0.956. The van der Waals surface area contributed by atoms with E-state index in [-0.39, 0.29) is 28.7 Å². The zero-order valence-electron chi connectivity index (χ0n) is 31.5. The van der Waals surface area contributed by atoms with Crippen molar-refractivity contribution in [1.82, 2.24) is 18.3 Å². The van der Waals surface area contributed by atoms with Crippen LogP contribution in [0.3, 0.4) is 0 Å². The van der Waals surface area contributed by atoms with Gasteiger partial charge in [0.05, 0.1) is 39.1 Å². The summed E-state index contributed by atoms with van der Waals surface area (Å²) in [5.41, 5.74) is 8.21. The lowest BCUT2D eigenvalue weighted by molar-refractivity contribution is 0.102. The average Bonchev–Trinajstić information content (AvgIpc) is 3.71. The highest BCUT2D eigenvalue weighted by molar-refractivity contribution is 6.12. The van der Waals surface area contributed by atoms with E-state index < -0.39 is 0 Å². The molecule has 280 valence electrons.